The van der Waals surface area contributed by atoms with Gasteiger partial charge in [0.25, 0.3) is 0 Å². The number of hydrogen-bond donors (Lipinski definition) is 0. The Morgan fingerprint density at radius 1 is 1.25 bits per heavy atom. The van der Waals surface area contributed by atoms with Gasteiger partial charge in [-0.3, -0.25) is 9.69 Å². The molecule has 0 unspecified atom stereocenters. The first-order chi connectivity index (χ1) is 11.7. The lowest BCUT2D eigenvalue weighted by Gasteiger charge is -2.31. The summed E-state index contributed by atoms with van der Waals surface area (Å²) in [5.41, 5.74) is 0.878. The van der Waals surface area contributed by atoms with Crippen LogP contribution in [0, 0.1) is 5.92 Å². The number of rotatable bonds is 6. The van der Waals surface area contributed by atoms with E-state index in [4.69, 9.17) is 4.42 Å². The first-order valence-corrected chi connectivity index (χ1v) is 9.91. The van der Waals surface area contributed by atoms with E-state index in [0.717, 1.165) is 60.9 Å². The fourth-order valence-corrected chi connectivity index (χ4v) is 4.00. The molecule has 3 rings (SSSR count). The molecular weight excluding hydrogens is 318 g/mol. The van der Waals surface area contributed by atoms with Crippen LogP contribution in [0.1, 0.15) is 41.6 Å². The summed E-state index contributed by atoms with van der Waals surface area (Å²) in [5.74, 6) is 2.42. The maximum absolute atomic E-state index is 13.0. The highest BCUT2D eigenvalue weighted by Gasteiger charge is 2.28. The SMILES string of the molecule is CCc1ccc(CN2CCC[C@@H](C(=O)c3ccccc3SC)C2)o1. The predicted octanol–water partition coefficient (Wildman–Crippen LogP) is 4.66. The number of aryl methyl sites for hydroxylation is 1. The number of piperidine rings is 1. The van der Waals surface area contributed by atoms with E-state index in [1.165, 1.54) is 0 Å². The largest absolute Gasteiger partial charge is 0.465 e. The Morgan fingerprint density at radius 3 is 2.79 bits per heavy atom. The highest BCUT2D eigenvalue weighted by atomic mass is 32.2. The van der Waals surface area contributed by atoms with Gasteiger partial charge in [-0.25, -0.2) is 0 Å². The number of Topliss-reactive ketones (excluding diaryl/α,β-unsaturated/α-hetero) is 1. The van der Waals surface area contributed by atoms with E-state index in [2.05, 4.69) is 24.0 Å². The molecule has 0 N–H and O–H groups in total. The molecule has 0 aliphatic carbocycles. The molecule has 0 saturated carbocycles. The van der Waals surface area contributed by atoms with Crippen molar-refractivity contribution >= 4 is 17.5 Å². The average molecular weight is 343 g/mol. The molecule has 0 spiro atoms. The topological polar surface area (TPSA) is 33.5 Å². The standard InChI is InChI=1S/C20H25NO2S/c1-3-16-10-11-17(23-16)14-21-12-6-7-15(13-21)20(22)18-8-4-5-9-19(18)24-2/h4-5,8-11,15H,3,6-7,12-14H2,1-2H3/t15-/m1/s1. The number of carbonyl (C=O) groups excluding carboxylic acids is 1. The molecule has 3 nitrogen and oxygen atoms in total. The molecular formula is C20H25NO2S. The maximum atomic E-state index is 13.0. The lowest BCUT2D eigenvalue weighted by molar-refractivity contribution is 0.0799. The molecule has 1 fully saturated rings. The molecule has 128 valence electrons. The Hall–Kier alpha value is -1.52. The van der Waals surface area contributed by atoms with Crippen LogP contribution in [0.2, 0.25) is 0 Å². The molecule has 24 heavy (non-hydrogen) atoms. The van der Waals surface area contributed by atoms with E-state index in [1.807, 2.05) is 30.5 Å². The smallest absolute Gasteiger partial charge is 0.168 e. The van der Waals surface area contributed by atoms with Crippen molar-refractivity contribution in [2.75, 3.05) is 19.3 Å². The summed E-state index contributed by atoms with van der Waals surface area (Å²) in [5, 5.41) is 0. The quantitative estimate of drug-likeness (QED) is 0.564. The van der Waals surface area contributed by atoms with Gasteiger partial charge in [0.2, 0.25) is 0 Å². The Labute approximate surface area is 148 Å². The molecule has 2 aromatic rings. The Kier molecular flexibility index (Phi) is 5.80. The molecule has 1 aliphatic heterocycles. The van der Waals surface area contributed by atoms with Crippen molar-refractivity contribution in [1.82, 2.24) is 4.90 Å². The molecule has 1 aromatic heterocycles. The normalized spacial score (nSPS) is 18.7. The third-order valence-electron chi connectivity index (χ3n) is 4.69. The average Bonchev–Trinajstić information content (AvgIpc) is 3.09. The third-order valence-corrected chi connectivity index (χ3v) is 5.49. The molecule has 0 radical (unpaired) electrons. The summed E-state index contributed by atoms with van der Waals surface area (Å²) in [7, 11) is 0. The van der Waals surface area contributed by atoms with Crippen molar-refractivity contribution in [2.24, 2.45) is 5.92 Å². The van der Waals surface area contributed by atoms with E-state index in [0.29, 0.717) is 5.78 Å². The first kappa shape index (κ1) is 17.3. The summed E-state index contributed by atoms with van der Waals surface area (Å²) in [6, 6.07) is 12.1. The molecule has 0 amide bonds. The molecule has 0 bridgehead atoms. The van der Waals surface area contributed by atoms with Crippen molar-refractivity contribution < 1.29 is 9.21 Å². The van der Waals surface area contributed by atoms with E-state index in [9.17, 15) is 4.79 Å². The molecule has 2 heterocycles. The van der Waals surface area contributed by atoms with E-state index in [-0.39, 0.29) is 5.92 Å². The van der Waals surface area contributed by atoms with Crippen LogP contribution in [-0.2, 0) is 13.0 Å². The number of ketones is 1. The third kappa shape index (κ3) is 3.93. The van der Waals surface area contributed by atoms with Crippen molar-refractivity contribution in [3.63, 3.8) is 0 Å². The first-order valence-electron chi connectivity index (χ1n) is 8.68. The van der Waals surface area contributed by atoms with Gasteiger partial charge in [0.05, 0.1) is 6.54 Å². The van der Waals surface area contributed by atoms with Crippen molar-refractivity contribution in [3.05, 3.63) is 53.5 Å². The minimum atomic E-state index is 0.0904. The highest BCUT2D eigenvalue weighted by Crippen LogP contribution is 2.27. The van der Waals surface area contributed by atoms with Gasteiger partial charge < -0.3 is 4.42 Å². The van der Waals surface area contributed by atoms with E-state index >= 15 is 0 Å². The number of nitrogens with zero attached hydrogens (tertiary/aromatic N) is 1. The Bertz CT molecular complexity index is 694. The summed E-state index contributed by atoms with van der Waals surface area (Å²) in [6.45, 7) is 4.76. The lowest BCUT2D eigenvalue weighted by Crippen LogP contribution is -2.38. The van der Waals surface area contributed by atoms with Crippen LogP contribution in [-0.4, -0.2) is 30.0 Å². The van der Waals surface area contributed by atoms with Crippen molar-refractivity contribution in [3.8, 4) is 0 Å². The summed E-state index contributed by atoms with van der Waals surface area (Å²) >= 11 is 1.65. The second kappa shape index (κ2) is 8.04. The number of thioether (sulfide) groups is 1. The van der Waals surface area contributed by atoms with Crippen LogP contribution < -0.4 is 0 Å². The monoisotopic (exact) mass is 343 g/mol. The van der Waals surface area contributed by atoms with Crippen LogP contribution in [0.5, 0.6) is 0 Å². The summed E-state index contributed by atoms with van der Waals surface area (Å²) in [4.78, 5) is 16.4. The van der Waals surface area contributed by atoms with Crippen LogP contribution in [0.4, 0.5) is 0 Å². The highest BCUT2D eigenvalue weighted by molar-refractivity contribution is 7.98. The zero-order chi connectivity index (χ0) is 16.9. The Morgan fingerprint density at radius 2 is 2.04 bits per heavy atom. The van der Waals surface area contributed by atoms with Gasteiger partial charge in [0.1, 0.15) is 11.5 Å². The minimum Gasteiger partial charge on any atom is -0.465 e. The number of likely N-dealkylation sites (tertiary alicyclic amines) is 1. The Balaban J connectivity index is 1.67. The van der Waals surface area contributed by atoms with Gasteiger partial charge in [0.15, 0.2) is 5.78 Å². The zero-order valence-corrected chi connectivity index (χ0v) is 15.3. The van der Waals surface area contributed by atoms with Crippen LogP contribution in [0.15, 0.2) is 45.7 Å². The fraction of sp³-hybridized carbons (Fsp3) is 0.450. The van der Waals surface area contributed by atoms with Crippen molar-refractivity contribution in [1.29, 1.82) is 0 Å². The molecule has 1 aromatic carbocycles. The lowest BCUT2D eigenvalue weighted by atomic mass is 9.90. The number of carbonyl (C=O) groups is 1. The fourth-order valence-electron chi connectivity index (χ4n) is 3.40. The number of furan rings is 1. The van der Waals surface area contributed by atoms with E-state index in [1.54, 1.807) is 11.8 Å². The number of benzene rings is 1. The zero-order valence-electron chi connectivity index (χ0n) is 14.5. The van der Waals surface area contributed by atoms with Crippen molar-refractivity contribution in [2.45, 2.75) is 37.6 Å². The summed E-state index contributed by atoms with van der Waals surface area (Å²) < 4.78 is 5.82. The second-order valence-corrected chi connectivity index (χ2v) is 7.21. The van der Waals surface area contributed by atoms with Gasteiger partial charge in [-0.05, 0) is 43.8 Å². The van der Waals surface area contributed by atoms with Gasteiger partial charge in [0, 0.05) is 29.3 Å². The van der Waals surface area contributed by atoms with Gasteiger partial charge in [-0.1, -0.05) is 25.1 Å². The van der Waals surface area contributed by atoms with Crippen LogP contribution in [0.25, 0.3) is 0 Å². The second-order valence-electron chi connectivity index (χ2n) is 6.36. The predicted molar refractivity (Wildman–Crippen MR) is 98.6 cm³/mol. The van der Waals surface area contributed by atoms with Gasteiger partial charge in [-0.15, -0.1) is 11.8 Å². The minimum absolute atomic E-state index is 0.0904. The molecule has 4 heteroatoms. The van der Waals surface area contributed by atoms with Crippen LogP contribution in [0.3, 0.4) is 0 Å². The van der Waals surface area contributed by atoms with Gasteiger partial charge in [-0.2, -0.15) is 0 Å². The molecule has 1 saturated heterocycles. The van der Waals surface area contributed by atoms with Gasteiger partial charge >= 0.3 is 0 Å². The summed E-state index contributed by atoms with van der Waals surface area (Å²) in [6.07, 6.45) is 5.00. The molecule has 1 atom stereocenters. The molecule has 1 aliphatic rings. The number of hydrogen-bond acceptors (Lipinski definition) is 4. The van der Waals surface area contributed by atoms with E-state index < -0.39 is 0 Å². The van der Waals surface area contributed by atoms with Crippen LogP contribution >= 0.6 is 11.8 Å². The maximum Gasteiger partial charge on any atom is 0.168 e.